The molecule has 0 heterocycles. The van der Waals surface area contributed by atoms with Crippen molar-refractivity contribution in [3.63, 3.8) is 0 Å². The van der Waals surface area contributed by atoms with Crippen molar-refractivity contribution in [3.05, 3.63) is 0 Å². The Morgan fingerprint density at radius 2 is 1.05 bits per heavy atom. The van der Waals surface area contributed by atoms with Gasteiger partial charge in [-0.3, -0.25) is 5.32 Å². The molecule has 0 aliphatic rings. The van der Waals surface area contributed by atoms with Crippen LogP contribution in [0, 0.1) is 0 Å². The van der Waals surface area contributed by atoms with Crippen LogP contribution in [0.5, 0.6) is 0 Å². The molecule has 0 rings (SSSR count). The van der Waals surface area contributed by atoms with Gasteiger partial charge in [-0.2, -0.15) is 0 Å². The quantitative estimate of drug-likeness (QED) is 0.0539. The zero-order valence-corrected chi connectivity index (χ0v) is 24.0. The number of unbranched alkanes of at least 4 members (excludes halogenated alkanes) is 9. The third kappa shape index (κ3) is 29.4. The predicted molar refractivity (Wildman–Crippen MR) is 151 cm³/mol. The Balaban J connectivity index is 4.26. The van der Waals surface area contributed by atoms with Crippen LogP contribution in [0.25, 0.3) is 0 Å². The molecule has 0 aliphatic heterocycles. The molecule has 14 nitrogen and oxygen atoms in total. The Bertz CT molecular complexity index is 812. The Morgan fingerprint density at radius 3 is 1.56 bits per heavy atom. The van der Waals surface area contributed by atoms with Gasteiger partial charge in [0.1, 0.15) is 6.61 Å². The van der Waals surface area contributed by atoms with E-state index in [-0.39, 0.29) is 19.9 Å². The molecule has 232 valence electrons. The minimum atomic E-state index is -0.791. The summed E-state index contributed by atoms with van der Waals surface area (Å²) in [5.74, 6) is 0. The maximum Gasteiger partial charge on any atom is 0.407 e. The van der Waals surface area contributed by atoms with Crippen LogP contribution in [0.15, 0.2) is 15.0 Å². The topological polar surface area (TPSA) is 186 Å². The lowest BCUT2D eigenvalue weighted by Gasteiger charge is -2.19. The van der Waals surface area contributed by atoms with Crippen molar-refractivity contribution in [2.24, 2.45) is 15.0 Å². The third-order valence-electron chi connectivity index (χ3n) is 5.68. The number of nitrogens with one attached hydrogen (secondary N) is 3. The lowest BCUT2D eigenvalue weighted by molar-refractivity contribution is -0.0156. The van der Waals surface area contributed by atoms with Crippen molar-refractivity contribution >= 4 is 30.4 Å². The molecule has 0 radical (unpaired) electrons. The van der Waals surface area contributed by atoms with Crippen LogP contribution in [0.2, 0.25) is 0 Å². The molecule has 0 saturated carbocycles. The molecule has 0 aromatic heterocycles. The van der Waals surface area contributed by atoms with Gasteiger partial charge >= 0.3 is 12.2 Å². The molecule has 14 heteroatoms. The summed E-state index contributed by atoms with van der Waals surface area (Å²) < 4.78 is 16.2. The summed E-state index contributed by atoms with van der Waals surface area (Å²) in [4.78, 5) is 64.9. The number of carbonyl (C=O) groups is 2. The monoisotopic (exact) mass is 582 g/mol. The number of hydrogen-bond acceptors (Lipinski definition) is 12. The van der Waals surface area contributed by atoms with Gasteiger partial charge in [0, 0.05) is 13.1 Å². The number of aliphatic imine (C=N–C) groups is 3. The van der Waals surface area contributed by atoms with Gasteiger partial charge in [-0.15, -0.1) is 0 Å². The normalized spacial score (nSPS) is 10.8. The third-order valence-corrected chi connectivity index (χ3v) is 5.68. The molecule has 0 aromatic carbocycles. The van der Waals surface area contributed by atoms with Gasteiger partial charge in [0.15, 0.2) is 6.10 Å². The van der Waals surface area contributed by atoms with E-state index in [9.17, 15) is 24.0 Å². The molecule has 0 aromatic rings. The fourth-order valence-electron chi connectivity index (χ4n) is 3.51. The van der Waals surface area contributed by atoms with Crippen molar-refractivity contribution in [2.45, 2.75) is 83.2 Å². The van der Waals surface area contributed by atoms with Crippen molar-refractivity contribution < 1.29 is 38.2 Å². The first kappa shape index (κ1) is 37.6. The number of isocyanates is 3. The maximum atomic E-state index is 12.2. The highest BCUT2D eigenvalue weighted by molar-refractivity contribution is 5.68. The Kier molecular flexibility index (Phi) is 28.6. The van der Waals surface area contributed by atoms with Gasteiger partial charge in [-0.05, 0) is 45.1 Å². The molecule has 2 amide bonds. The molecule has 0 spiro atoms. The van der Waals surface area contributed by atoms with Crippen molar-refractivity contribution in [2.75, 3.05) is 59.2 Å². The molecule has 1 unspecified atom stereocenters. The van der Waals surface area contributed by atoms with Gasteiger partial charge in [-0.25, -0.2) is 38.9 Å². The second kappa shape index (κ2) is 31.1. The highest BCUT2D eigenvalue weighted by Crippen LogP contribution is 2.02. The summed E-state index contributed by atoms with van der Waals surface area (Å²) in [5.41, 5.74) is 0. The molecule has 0 fully saturated rings. The highest BCUT2D eigenvalue weighted by Gasteiger charge is 2.17. The Hall–Kier alpha value is -3.40. The zero-order chi connectivity index (χ0) is 30.1. The van der Waals surface area contributed by atoms with E-state index in [1.807, 2.05) is 0 Å². The van der Waals surface area contributed by atoms with Crippen molar-refractivity contribution in [3.8, 4) is 0 Å². The van der Waals surface area contributed by atoms with Gasteiger partial charge in [0.05, 0.1) is 33.0 Å². The second-order valence-corrected chi connectivity index (χ2v) is 9.16. The number of nitrogens with zero attached hydrogens (tertiary/aromatic N) is 3. The summed E-state index contributed by atoms with van der Waals surface area (Å²) in [7, 11) is 0. The number of hydrogen-bond donors (Lipinski definition) is 3. The molecule has 0 aliphatic carbocycles. The van der Waals surface area contributed by atoms with E-state index >= 15 is 0 Å². The molecule has 0 saturated heterocycles. The molecule has 0 bridgehead atoms. The number of ether oxygens (including phenoxy) is 3. The minimum absolute atomic E-state index is 0.0396. The summed E-state index contributed by atoms with van der Waals surface area (Å²) in [6.45, 7) is 3.15. The van der Waals surface area contributed by atoms with Crippen LogP contribution in [-0.2, 0) is 28.6 Å². The number of carbonyl (C=O) groups excluding carboxylic acids is 5. The Morgan fingerprint density at radius 1 is 0.585 bits per heavy atom. The SMILES string of the molecule is O=C=NCCCCCCNCOCC(COC(=O)NCCCCCCN=C=O)OC(=O)NCCCCCCN=C=O. The summed E-state index contributed by atoms with van der Waals surface area (Å²) in [6, 6.07) is 0. The van der Waals surface area contributed by atoms with Crippen molar-refractivity contribution in [1.29, 1.82) is 0 Å². The lowest BCUT2D eigenvalue weighted by Crippen LogP contribution is -2.37. The number of rotatable bonds is 28. The minimum Gasteiger partial charge on any atom is -0.446 e. The average Bonchev–Trinajstić information content (AvgIpc) is 2.97. The maximum absolute atomic E-state index is 12.2. The number of alkyl carbamates (subject to hydrolysis) is 2. The fourth-order valence-corrected chi connectivity index (χ4v) is 3.51. The standard InChI is InChI=1S/C27H46N6O8/c34-21-28-13-7-1-2-10-16-31-24-39-19-25(41-27(38)33-18-12-6-4-9-15-30-23-36)20-40-26(37)32-17-11-5-3-8-14-29-22-35/h25,31H,1-20,24H2,(H,32,37)(H,33,38). The van der Waals surface area contributed by atoms with E-state index in [4.69, 9.17) is 14.2 Å². The first-order valence-electron chi connectivity index (χ1n) is 14.4. The zero-order valence-electron chi connectivity index (χ0n) is 24.0. The van der Waals surface area contributed by atoms with E-state index in [1.54, 1.807) is 0 Å². The van der Waals surface area contributed by atoms with Gasteiger partial charge < -0.3 is 24.8 Å². The second-order valence-electron chi connectivity index (χ2n) is 9.16. The van der Waals surface area contributed by atoms with Gasteiger partial charge in [0.25, 0.3) is 0 Å². The Labute approximate surface area is 242 Å². The number of amides is 2. The lowest BCUT2D eigenvalue weighted by atomic mass is 10.2. The summed E-state index contributed by atoms with van der Waals surface area (Å²) in [6.07, 6.45) is 12.9. The van der Waals surface area contributed by atoms with Crippen LogP contribution in [0.4, 0.5) is 9.59 Å². The van der Waals surface area contributed by atoms with E-state index in [0.717, 1.165) is 83.6 Å². The molecular weight excluding hydrogens is 536 g/mol. The summed E-state index contributed by atoms with van der Waals surface area (Å²) in [5, 5.41) is 8.49. The van der Waals surface area contributed by atoms with Crippen LogP contribution in [-0.4, -0.2) is 95.7 Å². The van der Waals surface area contributed by atoms with E-state index in [0.29, 0.717) is 32.7 Å². The van der Waals surface area contributed by atoms with Crippen LogP contribution in [0.1, 0.15) is 77.0 Å². The van der Waals surface area contributed by atoms with E-state index in [2.05, 4.69) is 30.9 Å². The molecule has 1 atom stereocenters. The van der Waals surface area contributed by atoms with Crippen LogP contribution < -0.4 is 16.0 Å². The molecular formula is C27H46N6O8. The van der Waals surface area contributed by atoms with E-state index < -0.39 is 18.3 Å². The highest BCUT2D eigenvalue weighted by atomic mass is 16.6. The molecule has 3 N–H and O–H groups in total. The first-order chi connectivity index (χ1) is 20.1. The smallest absolute Gasteiger partial charge is 0.407 e. The van der Waals surface area contributed by atoms with E-state index in [1.165, 1.54) is 18.2 Å². The van der Waals surface area contributed by atoms with Gasteiger partial charge in [-0.1, -0.05) is 38.5 Å². The summed E-state index contributed by atoms with van der Waals surface area (Å²) >= 11 is 0. The van der Waals surface area contributed by atoms with Crippen molar-refractivity contribution in [1.82, 2.24) is 16.0 Å². The fraction of sp³-hybridized carbons (Fsp3) is 0.815. The van der Waals surface area contributed by atoms with Gasteiger partial charge in [0.2, 0.25) is 18.2 Å². The average molecular weight is 583 g/mol. The predicted octanol–water partition coefficient (Wildman–Crippen LogP) is 3.06. The van der Waals surface area contributed by atoms with Crippen LogP contribution >= 0.6 is 0 Å². The first-order valence-corrected chi connectivity index (χ1v) is 14.4. The van der Waals surface area contributed by atoms with Crippen LogP contribution in [0.3, 0.4) is 0 Å². The largest absolute Gasteiger partial charge is 0.446 e. The molecule has 41 heavy (non-hydrogen) atoms.